The fraction of sp³-hybridized carbons (Fsp3) is 0.556. The van der Waals surface area contributed by atoms with Crippen molar-refractivity contribution >= 4 is 14.0 Å². The minimum absolute atomic E-state index is 0.0195. The number of amides is 1. The van der Waals surface area contributed by atoms with E-state index in [9.17, 15) is 22.9 Å². The van der Waals surface area contributed by atoms with Gasteiger partial charge in [-0.25, -0.2) is 9.69 Å². The van der Waals surface area contributed by atoms with Crippen LogP contribution in [0.1, 0.15) is 21.7 Å². The second-order valence-electron chi connectivity index (χ2n) is 8.38. The average Bonchev–Trinajstić information content (AvgIpc) is 3.05. The van der Waals surface area contributed by atoms with Gasteiger partial charge in [0.1, 0.15) is 12.4 Å². The van der Waals surface area contributed by atoms with Crippen molar-refractivity contribution in [3.8, 4) is 0 Å². The van der Waals surface area contributed by atoms with Crippen LogP contribution >= 0.6 is 0 Å². The molecule has 3 rings (SSSR count). The molecular weight excluding hydrogens is 419 g/mol. The minimum atomic E-state index is -4.66. The van der Waals surface area contributed by atoms with E-state index in [0.29, 0.717) is 12.3 Å². The number of nitrogens with zero attached hydrogens (tertiary/aromatic N) is 5. The van der Waals surface area contributed by atoms with E-state index in [1.807, 2.05) is 0 Å². The Morgan fingerprint density at radius 3 is 2.60 bits per heavy atom. The molecule has 0 atom stereocenters. The Labute approximate surface area is 172 Å². The summed E-state index contributed by atoms with van der Waals surface area (Å²) in [5.41, 5.74) is -0.740. The molecule has 0 saturated carbocycles. The van der Waals surface area contributed by atoms with Crippen LogP contribution in [0.5, 0.6) is 0 Å². The van der Waals surface area contributed by atoms with Gasteiger partial charge in [0.2, 0.25) is 0 Å². The zero-order valence-corrected chi connectivity index (χ0v) is 18.1. The summed E-state index contributed by atoms with van der Waals surface area (Å²) in [5.74, 6) is -0.573. The highest BCUT2D eigenvalue weighted by molar-refractivity contribution is 6.76. The molecule has 2 aliphatic rings. The van der Waals surface area contributed by atoms with Gasteiger partial charge in [0.15, 0.2) is 5.69 Å². The van der Waals surface area contributed by atoms with Gasteiger partial charge in [0, 0.05) is 38.7 Å². The van der Waals surface area contributed by atoms with Crippen molar-refractivity contribution in [2.24, 2.45) is 5.29 Å². The number of hydrogen-bond donors (Lipinski definition) is 0. The van der Waals surface area contributed by atoms with Gasteiger partial charge in [-0.2, -0.15) is 18.3 Å². The maximum Gasteiger partial charge on any atom is 0.435 e. The van der Waals surface area contributed by atoms with Crippen molar-refractivity contribution in [2.75, 3.05) is 19.7 Å². The summed E-state index contributed by atoms with van der Waals surface area (Å²) in [4.78, 5) is 25.1. The molecular formula is C18H24F3N5O3Si. The highest BCUT2D eigenvalue weighted by atomic mass is 28.3. The third-order valence-electron chi connectivity index (χ3n) is 4.88. The summed E-state index contributed by atoms with van der Waals surface area (Å²) in [6.07, 6.45) is -0.0608. The van der Waals surface area contributed by atoms with Gasteiger partial charge >= 0.3 is 6.18 Å². The normalized spacial score (nSPS) is 17.3. The second-order valence-corrected chi connectivity index (χ2v) is 14.0. The van der Waals surface area contributed by atoms with Crippen LogP contribution in [-0.4, -0.2) is 53.4 Å². The predicted molar refractivity (Wildman–Crippen MR) is 106 cm³/mol. The van der Waals surface area contributed by atoms with E-state index in [2.05, 4.69) is 30.0 Å². The van der Waals surface area contributed by atoms with Crippen LogP contribution in [0.2, 0.25) is 25.7 Å². The van der Waals surface area contributed by atoms with Gasteiger partial charge in [-0.3, -0.25) is 4.79 Å². The summed E-state index contributed by atoms with van der Waals surface area (Å²) in [6.45, 7) is 6.94. The first kappa shape index (κ1) is 22.2. The van der Waals surface area contributed by atoms with Crippen molar-refractivity contribution < 1.29 is 22.7 Å². The molecule has 0 unspecified atom stereocenters. The predicted octanol–water partition coefficient (Wildman–Crippen LogP) is 3.61. The highest BCUT2D eigenvalue weighted by Crippen LogP contribution is 2.36. The second kappa shape index (κ2) is 8.34. The van der Waals surface area contributed by atoms with Crippen molar-refractivity contribution in [3.63, 3.8) is 0 Å². The Morgan fingerprint density at radius 1 is 1.30 bits per heavy atom. The largest absolute Gasteiger partial charge is 0.435 e. The Balaban J connectivity index is 1.85. The van der Waals surface area contributed by atoms with Crippen LogP contribution in [0.4, 0.5) is 13.2 Å². The number of carbonyl (C=O) groups excluding carboxylic acids is 1. The maximum atomic E-state index is 13.5. The lowest BCUT2D eigenvalue weighted by Gasteiger charge is -2.30. The lowest BCUT2D eigenvalue weighted by atomic mass is 10.0. The van der Waals surface area contributed by atoms with Crippen molar-refractivity contribution in [1.29, 1.82) is 0 Å². The monoisotopic (exact) mass is 443 g/mol. The molecule has 8 nitrogen and oxygen atoms in total. The Kier molecular flexibility index (Phi) is 6.18. The molecule has 0 N–H and O–H groups in total. The van der Waals surface area contributed by atoms with Crippen LogP contribution in [0.3, 0.4) is 0 Å². The summed E-state index contributed by atoms with van der Waals surface area (Å²) in [7, 11) is -1.36. The summed E-state index contributed by atoms with van der Waals surface area (Å²) in [6, 6.07) is 0.849. The van der Waals surface area contributed by atoms with E-state index in [1.54, 1.807) is 6.08 Å². The van der Waals surface area contributed by atoms with Crippen molar-refractivity contribution in [2.45, 2.75) is 45.0 Å². The number of aromatic nitrogens is 2. The summed E-state index contributed by atoms with van der Waals surface area (Å²) < 4.78 is 47.0. The van der Waals surface area contributed by atoms with E-state index in [4.69, 9.17) is 4.74 Å². The Morgan fingerprint density at radius 2 is 2.03 bits per heavy atom. The number of hydrogen-bond acceptors (Lipinski definition) is 5. The molecule has 0 aromatic carbocycles. The van der Waals surface area contributed by atoms with Crippen LogP contribution in [-0.2, 0) is 24.1 Å². The third kappa shape index (κ3) is 4.81. The van der Waals surface area contributed by atoms with Crippen LogP contribution in [0.15, 0.2) is 29.3 Å². The van der Waals surface area contributed by atoms with Gasteiger partial charge in [-0.05, 0) is 24.6 Å². The van der Waals surface area contributed by atoms with Gasteiger partial charge in [0.25, 0.3) is 5.91 Å². The summed E-state index contributed by atoms with van der Waals surface area (Å²) >= 11 is 0. The number of allylic oxidation sites excluding steroid dienone is 1. The first-order valence-corrected chi connectivity index (χ1v) is 13.3. The minimum Gasteiger partial charge on any atom is -0.360 e. The van der Waals surface area contributed by atoms with E-state index in [-0.39, 0.29) is 37.5 Å². The number of rotatable bonds is 7. The zero-order chi connectivity index (χ0) is 22.1. The highest BCUT2D eigenvalue weighted by Gasteiger charge is 2.43. The number of alkyl halides is 3. The smallest absolute Gasteiger partial charge is 0.360 e. The van der Waals surface area contributed by atoms with Crippen LogP contribution < -0.4 is 0 Å². The van der Waals surface area contributed by atoms with Gasteiger partial charge in [-0.15, -0.1) is 4.91 Å². The molecule has 3 heterocycles. The number of nitroso groups, excluding NO2 is 1. The lowest BCUT2D eigenvalue weighted by molar-refractivity contribution is -0.142. The zero-order valence-electron chi connectivity index (χ0n) is 17.1. The lowest BCUT2D eigenvalue weighted by Crippen LogP contribution is -2.39. The molecule has 2 aliphatic heterocycles. The Bertz CT molecular complexity index is 889. The molecule has 0 bridgehead atoms. The third-order valence-corrected chi connectivity index (χ3v) is 6.59. The standard InChI is InChI=1S/C18H24F3N5O3Si/c1-30(2,3)11-10-29-12-26-15-14(16(22-26)18(19,20)21)6-9-25(17(15)27)13-4-7-24(23-28)8-5-13/h4-5,7H,6,8-12H2,1-3H3. The number of halogens is 3. The molecule has 0 aliphatic carbocycles. The first-order chi connectivity index (χ1) is 14.0. The average molecular weight is 444 g/mol. The van der Waals surface area contributed by atoms with Gasteiger partial charge in [-0.1, -0.05) is 19.6 Å². The molecule has 0 radical (unpaired) electrons. The van der Waals surface area contributed by atoms with Gasteiger partial charge < -0.3 is 9.64 Å². The molecule has 1 aromatic rings. The molecule has 0 saturated heterocycles. The number of carbonyl (C=O) groups is 1. The van der Waals surface area contributed by atoms with E-state index in [1.165, 1.54) is 17.2 Å². The number of ether oxygens (including phenoxy) is 1. The maximum absolute atomic E-state index is 13.5. The molecule has 0 fully saturated rings. The van der Waals surface area contributed by atoms with Crippen LogP contribution in [0.25, 0.3) is 0 Å². The van der Waals surface area contributed by atoms with E-state index < -0.39 is 25.9 Å². The van der Waals surface area contributed by atoms with E-state index in [0.717, 1.165) is 15.7 Å². The SMILES string of the molecule is C[Si](C)(C)CCOCn1nc(C(F)(F)F)c2c1C(=O)N(C1=CCN(N=O)C=C1)CC2. The van der Waals surface area contributed by atoms with Crippen LogP contribution in [0, 0.1) is 4.91 Å². The fourth-order valence-electron chi connectivity index (χ4n) is 3.26. The summed E-state index contributed by atoms with van der Waals surface area (Å²) in [5, 5.41) is 7.60. The molecule has 12 heteroatoms. The molecule has 1 amide bonds. The molecule has 164 valence electrons. The fourth-order valence-corrected chi connectivity index (χ4v) is 4.02. The van der Waals surface area contributed by atoms with E-state index >= 15 is 0 Å². The van der Waals surface area contributed by atoms with Crippen molar-refractivity contribution in [3.05, 3.63) is 45.9 Å². The molecule has 30 heavy (non-hydrogen) atoms. The molecule has 1 aromatic heterocycles. The van der Waals surface area contributed by atoms with Crippen molar-refractivity contribution in [1.82, 2.24) is 19.7 Å². The quantitative estimate of drug-likeness (QED) is 0.365. The molecule has 0 spiro atoms. The van der Waals surface area contributed by atoms with Gasteiger partial charge in [0.05, 0.1) is 11.8 Å². The first-order valence-electron chi connectivity index (χ1n) is 9.56. The number of fused-ring (bicyclic) bond motifs is 1. The Hall–Kier alpha value is -2.47. The topological polar surface area (TPSA) is 80.0 Å².